The van der Waals surface area contributed by atoms with Crippen LogP contribution >= 0.6 is 0 Å². The molecule has 0 aromatic heterocycles. The molecule has 26 heavy (non-hydrogen) atoms. The van der Waals surface area contributed by atoms with Crippen molar-refractivity contribution in [1.82, 2.24) is 10.2 Å². The second kappa shape index (κ2) is 8.86. The van der Waals surface area contributed by atoms with Crippen LogP contribution in [-0.4, -0.2) is 43.0 Å². The Balaban J connectivity index is 1.52. The van der Waals surface area contributed by atoms with Gasteiger partial charge < -0.3 is 10.2 Å². The number of nitrogens with zero attached hydrogens (tertiary/aromatic N) is 2. The minimum Gasteiger partial charge on any atom is -0.372 e. The quantitative estimate of drug-likeness (QED) is 0.829. The molecule has 138 valence electrons. The zero-order valence-electron chi connectivity index (χ0n) is 15.8. The third-order valence-corrected chi connectivity index (χ3v) is 5.11. The van der Waals surface area contributed by atoms with Gasteiger partial charge in [0, 0.05) is 50.0 Å². The third kappa shape index (κ3) is 4.64. The lowest BCUT2D eigenvalue weighted by Gasteiger charge is -2.21. The van der Waals surface area contributed by atoms with Crippen LogP contribution in [0.2, 0.25) is 0 Å². The van der Waals surface area contributed by atoms with E-state index in [2.05, 4.69) is 53.2 Å². The van der Waals surface area contributed by atoms with Gasteiger partial charge in [0.1, 0.15) is 0 Å². The summed E-state index contributed by atoms with van der Waals surface area (Å²) in [5, 5.41) is 3.19. The Kier molecular flexibility index (Phi) is 6.29. The summed E-state index contributed by atoms with van der Waals surface area (Å²) in [6, 6.07) is 18.7. The molecular weight excluding hydrogens is 322 g/mol. The highest BCUT2D eigenvalue weighted by atomic mass is 16.1. The molecule has 1 unspecified atom stereocenters. The fourth-order valence-electron chi connectivity index (χ4n) is 3.62. The summed E-state index contributed by atoms with van der Waals surface area (Å²) in [6.45, 7) is 9.13. The maximum Gasteiger partial charge on any atom is 0.251 e. The van der Waals surface area contributed by atoms with Crippen molar-refractivity contribution in [2.75, 3.05) is 31.1 Å². The Bertz CT molecular complexity index is 695. The van der Waals surface area contributed by atoms with E-state index in [-0.39, 0.29) is 11.9 Å². The van der Waals surface area contributed by atoms with Gasteiger partial charge in [0.15, 0.2) is 0 Å². The predicted octanol–water partition coefficient (Wildman–Crippen LogP) is 3.54. The maximum atomic E-state index is 12.5. The van der Waals surface area contributed by atoms with Crippen molar-refractivity contribution in [3.63, 3.8) is 0 Å². The van der Waals surface area contributed by atoms with Crippen LogP contribution < -0.4 is 10.2 Å². The number of hydrogen-bond acceptors (Lipinski definition) is 3. The van der Waals surface area contributed by atoms with Crippen LogP contribution in [0.5, 0.6) is 0 Å². The summed E-state index contributed by atoms with van der Waals surface area (Å²) in [4.78, 5) is 17.2. The lowest BCUT2D eigenvalue weighted by Crippen LogP contribution is -2.37. The number of benzene rings is 2. The summed E-state index contributed by atoms with van der Waals surface area (Å²) < 4.78 is 0. The van der Waals surface area contributed by atoms with Crippen molar-refractivity contribution >= 4 is 11.6 Å². The number of likely N-dealkylation sites (tertiary alicyclic amines) is 1. The Labute approximate surface area is 156 Å². The van der Waals surface area contributed by atoms with Gasteiger partial charge in [0.25, 0.3) is 5.91 Å². The first-order valence-corrected chi connectivity index (χ1v) is 9.61. The number of anilines is 1. The maximum absolute atomic E-state index is 12.5. The molecular formula is C22H29N3O. The number of hydrogen-bond donors (Lipinski definition) is 1. The van der Waals surface area contributed by atoms with Crippen LogP contribution in [0.4, 0.5) is 5.69 Å². The van der Waals surface area contributed by atoms with E-state index in [1.54, 1.807) is 0 Å². The molecule has 0 bridgehead atoms. The molecule has 0 saturated carbocycles. The molecule has 4 heteroatoms. The lowest BCUT2D eigenvalue weighted by molar-refractivity contribution is 0.0937. The summed E-state index contributed by atoms with van der Waals surface area (Å²) in [6.07, 6.45) is 1.01. The average molecular weight is 351 g/mol. The van der Waals surface area contributed by atoms with Gasteiger partial charge in [-0.25, -0.2) is 0 Å². The highest BCUT2D eigenvalue weighted by molar-refractivity contribution is 5.94. The van der Waals surface area contributed by atoms with Gasteiger partial charge in [0.2, 0.25) is 0 Å². The highest BCUT2D eigenvalue weighted by Crippen LogP contribution is 2.17. The monoisotopic (exact) mass is 351 g/mol. The molecule has 1 fully saturated rings. The van der Waals surface area contributed by atoms with E-state index in [1.165, 1.54) is 11.3 Å². The highest BCUT2D eigenvalue weighted by Gasteiger charge is 2.24. The van der Waals surface area contributed by atoms with Crippen LogP contribution in [0.15, 0.2) is 54.6 Å². The molecule has 1 atom stereocenters. The lowest BCUT2D eigenvalue weighted by atomic mass is 10.1. The van der Waals surface area contributed by atoms with Gasteiger partial charge in [-0.3, -0.25) is 9.69 Å². The van der Waals surface area contributed by atoms with Crippen LogP contribution in [0.1, 0.15) is 36.2 Å². The fraction of sp³-hybridized carbons (Fsp3) is 0.409. The van der Waals surface area contributed by atoms with E-state index in [0.717, 1.165) is 44.7 Å². The standard InChI is InChI=1S/C22H29N3O/c1-3-25(4-2)21-12-10-19(11-13-21)22(26)23-20-14-15-24(17-20)16-18-8-6-5-7-9-18/h5-13,20H,3-4,14-17H2,1-2H3,(H,23,26). The Morgan fingerprint density at radius 3 is 2.42 bits per heavy atom. The molecule has 1 amide bonds. The molecule has 4 nitrogen and oxygen atoms in total. The third-order valence-electron chi connectivity index (χ3n) is 5.11. The van der Waals surface area contributed by atoms with E-state index >= 15 is 0 Å². The largest absolute Gasteiger partial charge is 0.372 e. The van der Waals surface area contributed by atoms with Gasteiger partial charge in [0.05, 0.1) is 0 Å². The predicted molar refractivity (Wildman–Crippen MR) is 108 cm³/mol. The molecule has 0 spiro atoms. The minimum absolute atomic E-state index is 0.0302. The molecule has 1 heterocycles. The molecule has 1 saturated heterocycles. The topological polar surface area (TPSA) is 35.6 Å². The van der Waals surface area contributed by atoms with E-state index in [9.17, 15) is 4.79 Å². The number of carbonyl (C=O) groups excluding carboxylic acids is 1. The van der Waals surface area contributed by atoms with Crippen molar-refractivity contribution in [1.29, 1.82) is 0 Å². The van der Waals surface area contributed by atoms with E-state index in [1.807, 2.05) is 30.3 Å². The number of carbonyl (C=O) groups is 1. The summed E-state index contributed by atoms with van der Waals surface area (Å²) >= 11 is 0. The summed E-state index contributed by atoms with van der Waals surface area (Å²) in [5.41, 5.74) is 3.23. The Morgan fingerprint density at radius 2 is 1.77 bits per heavy atom. The van der Waals surface area contributed by atoms with Gasteiger partial charge in [-0.15, -0.1) is 0 Å². The van der Waals surface area contributed by atoms with E-state index in [0.29, 0.717) is 0 Å². The van der Waals surface area contributed by atoms with Crippen molar-refractivity contribution in [2.24, 2.45) is 0 Å². The molecule has 0 radical (unpaired) electrons. The summed E-state index contributed by atoms with van der Waals surface area (Å²) in [5.74, 6) is 0.0302. The zero-order valence-corrected chi connectivity index (χ0v) is 15.8. The average Bonchev–Trinajstić information content (AvgIpc) is 3.11. The van der Waals surface area contributed by atoms with Crippen molar-refractivity contribution in [2.45, 2.75) is 32.9 Å². The van der Waals surface area contributed by atoms with Crippen LogP contribution in [0.25, 0.3) is 0 Å². The Hall–Kier alpha value is -2.33. The number of amides is 1. The second-order valence-electron chi connectivity index (χ2n) is 6.90. The second-order valence-corrected chi connectivity index (χ2v) is 6.90. The number of nitrogens with one attached hydrogen (secondary N) is 1. The molecule has 1 aliphatic heterocycles. The van der Waals surface area contributed by atoms with Gasteiger partial charge in [-0.05, 0) is 50.1 Å². The van der Waals surface area contributed by atoms with Crippen LogP contribution in [0.3, 0.4) is 0 Å². The minimum atomic E-state index is 0.0302. The van der Waals surface area contributed by atoms with Gasteiger partial charge in [-0.2, -0.15) is 0 Å². The number of rotatable bonds is 7. The fourth-order valence-corrected chi connectivity index (χ4v) is 3.62. The summed E-state index contributed by atoms with van der Waals surface area (Å²) in [7, 11) is 0. The van der Waals surface area contributed by atoms with Crippen LogP contribution in [0, 0.1) is 0 Å². The Morgan fingerprint density at radius 1 is 1.08 bits per heavy atom. The van der Waals surface area contributed by atoms with E-state index < -0.39 is 0 Å². The van der Waals surface area contributed by atoms with Crippen molar-refractivity contribution in [3.05, 3.63) is 65.7 Å². The molecule has 2 aromatic rings. The molecule has 2 aromatic carbocycles. The molecule has 1 aliphatic rings. The first kappa shape index (κ1) is 18.5. The molecule has 1 N–H and O–H groups in total. The van der Waals surface area contributed by atoms with E-state index in [4.69, 9.17) is 0 Å². The smallest absolute Gasteiger partial charge is 0.251 e. The first-order chi connectivity index (χ1) is 12.7. The normalized spacial score (nSPS) is 17.2. The first-order valence-electron chi connectivity index (χ1n) is 9.61. The van der Waals surface area contributed by atoms with Crippen molar-refractivity contribution in [3.8, 4) is 0 Å². The SMILES string of the molecule is CCN(CC)c1ccc(C(=O)NC2CCN(Cc3ccccc3)C2)cc1. The molecule has 0 aliphatic carbocycles. The van der Waals surface area contributed by atoms with Crippen LogP contribution in [-0.2, 0) is 6.54 Å². The zero-order chi connectivity index (χ0) is 18.4. The molecule has 3 rings (SSSR count). The van der Waals surface area contributed by atoms with Gasteiger partial charge in [-0.1, -0.05) is 30.3 Å². The van der Waals surface area contributed by atoms with Crippen molar-refractivity contribution < 1.29 is 4.79 Å². The van der Waals surface area contributed by atoms with Gasteiger partial charge >= 0.3 is 0 Å².